The van der Waals surface area contributed by atoms with Gasteiger partial charge < -0.3 is 4.57 Å². The molecule has 0 aliphatic rings. The zero-order valence-electron chi connectivity index (χ0n) is 11.1. The molecule has 0 spiro atoms. The second-order valence-corrected chi connectivity index (χ2v) is 6.83. The van der Waals surface area contributed by atoms with Crippen LogP contribution in [0.1, 0.15) is 12.7 Å². The van der Waals surface area contributed by atoms with E-state index in [1.807, 2.05) is 6.92 Å². The van der Waals surface area contributed by atoms with Crippen molar-refractivity contribution in [1.29, 1.82) is 0 Å². The van der Waals surface area contributed by atoms with Crippen LogP contribution >= 0.6 is 11.6 Å². The number of aromatic nitrogens is 2. The first kappa shape index (κ1) is 16.1. The number of hydrogen-bond donors (Lipinski definition) is 0. The smallest absolute Gasteiger partial charge is 0.329 e. The van der Waals surface area contributed by atoms with Crippen molar-refractivity contribution in [3.8, 4) is 0 Å². The van der Waals surface area contributed by atoms with Gasteiger partial charge in [-0.25, -0.2) is 17.8 Å². The van der Waals surface area contributed by atoms with E-state index in [1.54, 1.807) is 11.5 Å². The molecule has 1 aromatic heterocycles. The summed E-state index contributed by atoms with van der Waals surface area (Å²) >= 11 is 4.66. The van der Waals surface area contributed by atoms with Crippen molar-refractivity contribution in [1.82, 2.24) is 9.55 Å². The molecule has 0 saturated carbocycles. The third kappa shape index (κ3) is 2.40. The topological polar surface area (TPSA) is 52.0 Å². The molecule has 0 radical (unpaired) electrons. The Hall–Kier alpha value is -1.28. The summed E-state index contributed by atoms with van der Waals surface area (Å²) in [6.45, 7) is 4.18. The van der Waals surface area contributed by atoms with Gasteiger partial charge in [-0.2, -0.15) is 8.78 Å². The maximum atomic E-state index is 13.4. The van der Waals surface area contributed by atoms with Gasteiger partial charge in [0.1, 0.15) is 5.82 Å². The van der Waals surface area contributed by atoms with E-state index in [2.05, 4.69) is 16.6 Å². The van der Waals surface area contributed by atoms with Gasteiger partial charge in [0.25, 0.3) is 5.63 Å². The molecule has 21 heavy (non-hydrogen) atoms. The van der Waals surface area contributed by atoms with Crippen LogP contribution in [-0.2, 0) is 16.4 Å². The minimum absolute atomic E-state index is 0.246. The number of imidazole rings is 1. The van der Waals surface area contributed by atoms with Gasteiger partial charge in [0.15, 0.2) is 0 Å². The number of fused-ring (bicyclic) bond motifs is 1. The van der Waals surface area contributed by atoms with Crippen LogP contribution in [0, 0.1) is 6.92 Å². The van der Waals surface area contributed by atoms with Gasteiger partial charge >= 0.3 is 5.25 Å². The number of sulfone groups is 1. The molecule has 1 aromatic carbocycles. The number of aryl methyl sites for hydroxylation is 2. The Morgan fingerprint density at radius 2 is 2.05 bits per heavy atom. The standard InChI is InChI=1S/C12H12ClF3N2O2S/c1-3-18-7(2)17-9-6-8(4-5-10(9)18)21(19,20)12(15,16)11(13)14/h4-6,11H,3H2,1-2H3. The van der Waals surface area contributed by atoms with E-state index in [0.29, 0.717) is 17.9 Å². The second-order valence-electron chi connectivity index (χ2n) is 4.42. The molecule has 0 fully saturated rings. The van der Waals surface area contributed by atoms with E-state index >= 15 is 0 Å². The first-order chi connectivity index (χ1) is 9.62. The molecule has 9 heteroatoms. The molecular weight excluding hydrogens is 329 g/mol. The van der Waals surface area contributed by atoms with E-state index in [4.69, 9.17) is 0 Å². The summed E-state index contributed by atoms with van der Waals surface area (Å²) in [6.07, 6.45) is 0. The molecule has 0 saturated heterocycles. The number of halogens is 4. The van der Waals surface area contributed by atoms with E-state index in [0.717, 1.165) is 12.1 Å². The predicted molar refractivity (Wildman–Crippen MR) is 73.0 cm³/mol. The van der Waals surface area contributed by atoms with Gasteiger partial charge in [0.2, 0.25) is 9.84 Å². The van der Waals surface area contributed by atoms with Crippen molar-refractivity contribution < 1.29 is 21.6 Å². The van der Waals surface area contributed by atoms with Crippen molar-refractivity contribution >= 4 is 32.5 Å². The summed E-state index contributed by atoms with van der Waals surface area (Å²) in [6, 6.07) is 3.36. The number of nitrogens with zero attached hydrogens (tertiary/aromatic N) is 2. The van der Waals surface area contributed by atoms with Crippen molar-refractivity contribution in [3.63, 3.8) is 0 Å². The lowest BCUT2D eigenvalue weighted by molar-refractivity contribution is 0.0423. The second kappa shape index (κ2) is 5.17. The molecule has 1 unspecified atom stereocenters. The van der Waals surface area contributed by atoms with Crippen LogP contribution in [0.15, 0.2) is 23.1 Å². The van der Waals surface area contributed by atoms with Crippen LogP contribution in [0.3, 0.4) is 0 Å². The quantitative estimate of drug-likeness (QED) is 0.803. The molecule has 0 N–H and O–H groups in total. The average molecular weight is 341 g/mol. The molecule has 0 amide bonds. The highest BCUT2D eigenvalue weighted by Gasteiger charge is 2.53. The molecule has 2 rings (SSSR count). The summed E-state index contributed by atoms with van der Waals surface area (Å²) in [4.78, 5) is 3.39. The molecule has 116 valence electrons. The van der Waals surface area contributed by atoms with Crippen molar-refractivity contribution in [3.05, 3.63) is 24.0 Å². The van der Waals surface area contributed by atoms with Gasteiger partial charge in [-0.05, 0) is 32.0 Å². The van der Waals surface area contributed by atoms with Gasteiger partial charge in [-0.1, -0.05) is 11.6 Å². The Balaban J connectivity index is 2.64. The molecule has 1 atom stereocenters. The lowest BCUT2D eigenvalue weighted by Crippen LogP contribution is -2.35. The van der Waals surface area contributed by atoms with E-state index in [9.17, 15) is 21.6 Å². The fraction of sp³-hybridized carbons (Fsp3) is 0.417. The third-order valence-electron chi connectivity index (χ3n) is 3.15. The maximum Gasteiger partial charge on any atom is 0.393 e. The lowest BCUT2D eigenvalue weighted by Gasteiger charge is -2.16. The zero-order valence-corrected chi connectivity index (χ0v) is 12.7. The number of rotatable bonds is 4. The minimum atomic E-state index is -5.23. The highest BCUT2D eigenvalue weighted by Crippen LogP contribution is 2.36. The minimum Gasteiger partial charge on any atom is -0.329 e. The van der Waals surface area contributed by atoms with Crippen LogP contribution in [0.2, 0.25) is 0 Å². The summed E-state index contributed by atoms with van der Waals surface area (Å²) in [7, 11) is -5.23. The fourth-order valence-corrected chi connectivity index (χ4v) is 3.49. The Kier molecular flexibility index (Phi) is 3.96. The normalized spacial score (nSPS) is 14.6. The summed E-state index contributed by atoms with van der Waals surface area (Å²) in [5.74, 6) is 0.620. The average Bonchev–Trinajstić information content (AvgIpc) is 2.72. The predicted octanol–water partition coefficient (Wildman–Crippen LogP) is 3.27. The van der Waals surface area contributed by atoms with Crippen LogP contribution in [0.5, 0.6) is 0 Å². The molecule has 0 aliphatic carbocycles. The van der Waals surface area contributed by atoms with Gasteiger partial charge in [0.05, 0.1) is 15.9 Å². The number of hydrogen-bond acceptors (Lipinski definition) is 3. The molecule has 0 bridgehead atoms. The van der Waals surface area contributed by atoms with Crippen molar-refractivity contribution in [2.45, 2.75) is 36.2 Å². The Labute approximate surface area is 124 Å². The maximum absolute atomic E-state index is 13.4. The van der Waals surface area contributed by atoms with E-state index < -0.39 is 25.6 Å². The first-order valence-electron chi connectivity index (χ1n) is 6.00. The summed E-state index contributed by atoms with van der Waals surface area (Å²) in [5, 5.41) is -4.70. The monoisotopic (exact) mass is 340 g/mol. The Morgan fingerprint density at radius 3 is 2.57 bits per heavy atom. The summed E-state index contributed by atoms with van der Waals surface area (Å²) < 4.78 is 65.0. The largest absolute Gasteiger partial charge is 0.393 e. The fourth-order valence-electron chi connectivity index (χ4n) is 2.07. The van der Waals surface area contributed by atoms with Gasteiger partial charge in [-0.15, -0.1) is 0 Å². The van der Waals surface area contributed by atoms with Gasteiger partial charge in [-0.3, -0.25) is 0 Å². The number of alkyl halides is 4. The van der Waals surface area contributed by atoms with E-state index in [1.165, 1.54) is 6.07 Å². The van der Waals surface area contributed by atoms with Crippen LogP contribution < -0.4 is 0 Å². The van der Waals surface area contributed by atoms with Crippen LogP contribution in [0.4, 0.5) is 13.2 Å². The summed E-state index contributed by atoms with van der Waals surface area (Å²) in [5.41, 5.74) is -2.47. The molecule has 1 heterocycles. The number of benzene rings is 1. The van der Waals surface area contributed by atoms with Gasteiger partial charge in [0, 0.05) is 6.54 Å². The molecule has 4 nitrogen and oxygen atoms in total. The lowest BCUT2D eigenvalue weighted by atomic mass is 10.3. The Bertz CT molecular complexity index is 787. The van der Waals surface area contributed by atoms with E-state index in [-0.39, 0.29) is 5.52 Å². The van der Waals surface area contributed by atoms with Crippen LogP contribution in [-0.4, -0.2) is 28.9 Å². The van der Waals surface area contributed by atoms with Crippen molar-refractivity contribution in [2.24, 2.45) is 0 Å². The zero-order chi connectivity index (χ0) is 16.0. The molecule has 2 aromatic rings. The first-order valence-corrected chi connectivity index (χ1v) is 7.92. The molecular formula is C12H12ClF3N2O2S. The van der Waals surface area contributed by atoms with Crippen LogP contribution in [0.25, 0.3) is 11.0 Å². The highest BCUT2D eigenvalue weighted by atomic mass is 35.5. The third-order valence-corrected chi connectivity index (χ3v) is 5.35. The molecule has 0 aliphatic heterocycles. The Morgan fingerprint density at radius 1 is 1.43 bits per heavy atom. The van der Waals surface area contributed by atoms with Crippen molar-refractivity contribution in [2.75, 3.05) is 0 Å². The SMILES string of the molecule is CCn1c(C)nc2cc(S(=O)(=O)C(F)(F)C(F)Cl)ccc21. The highest BCUT2D eigenvalue weighted by molar-refractivity contribution is 7.92.